The van der Waals surface area contributed by atoms with Gasteiger partial charge in [0.25, 0.3) is 0 Å². The summed E-state index contributed by atoms with van der Waals surface area (Å²) in [6, 6.07) is 11.3. The summed E-state index contributed by atoms with van der Waals surface area (Å²) < 4.78 is 18.3. The molecule has 0 spiro atoms. The van der Waals surface area contributed by atoms with Crippen LogP contribution in [0.25, 0.3) is 17.0 Å². The molecule has 0 radical (unpaired) electrons. The van der Waals surface area contributed by atoms with Crippen LogP contribution in [-0.2, 0) is 16.6 Å². The number of rotatable bonds is 5. The van der Waals surface area contributed by atoms with Crippen molar-refractivity contribution >= 4 is 28.7 Å². The molecule has 1 aliphatic heterocycles. The summed E-state index contributed by atoms with van der Waals surface area (Å²) in [5.74, 6) is 0.592. The predicted molar refractivity (Wildman–Crippen MR) is 109 cm³/mol. The van der Waals surface area contributed by atoms with Crippen molar-refractivity contribution in [3.05, 3.63) is 65.0 Å². The fourth-order valence-corrected chi connectivity index (χ4v) is 3.49. The molecule has 6 nitrogen and oxygen atoms in total. The summed E-state index contributed by atoms with van der Waals surface area (Å²) in [5, 5.41) is 1.05. The van der Waals surface area contributed by atoms with E-state index in [1.54, 1.807) is 32.1 Å². The number of Topliss-reactive ketones (excluding diaryl/α,β-unsaturated/α-hetero) is 1. The maximum atomic E-state index is 12.8. The van der Waals surface area contributed by atoms with Gasteiger partial charge in [-0.25, -0.2) is 4.79 Å². The van der Waals surface area contributed by atoms with E-state index in [0.29, 0.717) is 29.2 Å². The van der Waals surface area contributed by atoms with Crippen LogP contribution < -0.4 is 9.47 Å². The van der Waals surface area contributed by atoms with Crippen molar-refractivity contribution < 1.29 is 23.8 Å². The molecule has 0 bridgehead atoms. The Morgan fingerprint density at radius 1 is 1.21 bits per heavy atom. The summed E-state index contributed by atoms with van der Waals surface area (Å²) >= 11 is 0. The van der Waals surface area contributed by atoms with Gasteiger partial charge < -0.3 is 18.8 Å². The Hall–Kier alpha value is -3.54. The molecule has 2 aromatic carbocycles. The Kier molecular flexibility index (Phi) is 4.84. The van der Waals surface area contributed by atoms with Gasteiger partial charge in [0.05, 0.1) is 12.2 Å². The first kappa shape index (κ1) is 18.8. The van der Waals surface area contributed by atoms with Crippen molar-refractivity contribution in [2.24, 2.45) is 7.05 Å². The molecular weight excluding hydrogens is 370 g/mol. The molecule has 4 rings (SSSR count). The van der Waals surface area contributed by atoms with Crippen molar-refractivity contribution in [2.75, 3.05) is 13.2 Å². The second-order valence-corrected chi connectivity index (χ2v) is 6.81. The Morgan fingerprint density at radius 2 is 2.00 bits per heavy atom. The van der Waals surface area contributed by atoms with E-state index in [-0.39, 0.29) is 18.1 Å². The number of benzene rings is 2. The number of fused-ring (bicyclic) bond motifs is 2. The third-order valence-corrected chi connectivity index (χ3v) is 4.90. The minimum absolute atomic E-state index is 0.173. The van der Waals surface area contributed by atoms with Crippen LogP contribution in [0.5, 0.6) is 11.5 Å². The van der Waals surface area contributed by atoms with Crippen molar-refractivity contribution in [2.45, 2.75) is 13.8 Å². The number of allylic oxidation sites excluding steroid dienone is 1. The number of aryl methyl sites for hydroxylation is 1. The lowest BCUT2D eigenvalue weighted by Gasteiger charge is -2.10. The van der Waals surface area contributed by atoms with Crippen molar-refractivity contribution in [1.82, 2.24) is 4.57 Å². The highest BCUT2D eigenvalue weighted by atomic mass is 16.6. The number of para-hydroxylation sites is 1. The third-order valence-electron chi connectivity index (χ3n) is 4.90. The SMILES string of the molecule is CCOC(=O)COc1ccc2c(c1C)O/C(=C\c1cn(C)c3ccccc13)C2=O. The molecule has 0 saturated heterocycles. The van der Waals surface area contributed by atoms with Crippen LogP contribution in [0.1, 0.15) is 28.4 Å². The first-order valence-electron chi connectivity index (χ1n) is 9.40. The minimum atomic E-state index is -0.444. The van der Waals surface area contributed by atoms with Gasteiger partial charge in [0.15, 0.2) is 12.4 Å². The van der Waals surface area contributed by atoms with E-state index >= 15 is 0 Å². The van der Waals surface area contributed by atoms with Crippen LogP contribution in [0, 0.1) is 6.92 Å². The molecule has 0 saturated carbocycles. The number of carbonyl (C=O) groups excluding carboxylic acids is 2. The van der Waals surface area contributed by atoms with E-state index in [2.05, 4.69) is 0 Å². The topological polar surface area (TPSA) is 66.8 Å². The molecular formula is C23H21NO5. The normalized spacial score (nSPS) is 14.2. The summed E-state index contributed by atoms with van der Waals surface area (Å²) in [5.41, 5.74) is 3.14. The van der Waals surface area contributed by atoms with E-state index in [9.17, 15) is 9.59 Å². The Balaban J connectivity index is 1.63. The third kappa shape index (κ3) is 3.38. The average molecular weight is 391 g/mol. The molecule has 6 heteroatoms. The maximum Gasteiger partial charge on any atom is 0.344 e. The van der Waals surface area contributed by atoms with E-state index < -0.39 is 5.97 Å². The van der Waals surface area contributed by atoms with Gasteiger partial charge in [0.1, 0.15) is 11.5 Å². The van der Waals surface area contributed by atoms with Gasteiger partial charge in [-0.15, -0.1) is 0 Å². The fraction of sp³-hybridized carbons (Fsp3) is 0.217. The monoisotopic (exact) mass is 391 g/mol. The van der Waals surface area contributed by atoms with Crippen molar-refractivity contribution in [3.63, 3.8) is 0 Å². The first-order chi connectivity index (χ1) is 14.0. The van der Waals surface area contributed by atoms with E-state index in [4.69, 9.17) is 14.2 Å². The minimum Gasteiger partial charge on any atom is -0.481 e. The van der Waals surface area contributed by atoms with Crippen LogP contribution >= 0.6 is 0 Å². The molecule has 0 fully saturated rings. The summed E-state index contributed by atoms with van der Waals surface area (Å²) in [4.78, 5) is 24.4. The summed E-state index contributed by atoms with van der Waals surface area (Å²) in [6.07, 6.45) is 3.74. The molecule has 0 amide bonds. The Morgan fingerprint density at radius 3 is 2.79 bits per heavy atom. The Labute approximate surface area is 168 Å². The molecule has 29 heavy (non-hydrogen) atoms. The van der Waals surface area contributed by atoms with Crippen LogP contribution in [0.4, 0.5) is 0 Å². The largest absolute Gasteiger partial charge is 0.481 e. The lowest BCUT2D eigenvalue weighted by atomic mass is 10.1. The average Bonchev–Trinajstić information content (AvgIpc) is 3.20. The number of hydrogen-bond acceptors (Lipinski definition) is 5. The van der Waals surface area contributed by atoms with Crippen molar-refractivity contribution in [1.29, 1.82) is 0 Å². The van der Waals surface area contributed by atoms with Crippen molar-refractivity contribution in [3.8, 4) is 11.5 Å². The highest BCUT2D eigenvalue weighted by Gasteiger charge is 2.30. The van der Waals surface area contributed by atoms with Crippen LogP contribution in [0.15, 0.2) is 48.4 Å². The Bertz CT molecular complexity index is 1160. The highest BCUT2D eigenvalue weighted by Crippen LogP contribution is 2.39. The zero-order valence-corrected chi connectivity index (χ0v) is 16.5. The number of nitrogens with zero attached hydrogens (tertiary/aromatic N) is 1. The molecule has 2 heterocycles. The molecule has 0 aliphatic carbocycles. The number of ether oxygens (including phenoxy) is 3. The predicted octanol–water partition coefficient (Wildman–Crippen LogP) is 4.04. The molecule has 0 N–H and O–H groups in total. The van der Waals surface area contributed by atoms with Crippen LogP contribution in [-0.4, -0.2) is 29.5 Å². The molecule has 0 unspecified atom stereocenters. The first-order valence-corrected chi connectivity index (χ1v) is 9.40. The second kappa shape index (κ2) is 7.47. The van der Waals surface area contributed by atoms with Gasteiger partial charge in [-0.3, -0.25) is 4.79 Å². The molecule has 148 valence electrons. The number of hydrogen-bond donors (Lipinski definition) is 0. The van der Waals surface area contributed by atoms with Gasteiger partial charge in [-0.05, 0) is 38.1 Å². The van der Waals surface area contributed by atoms with Gasteiger partial charge in [0, 0.05) is 35.3 Å². The fourth-order valence-electron chi connectivity index (χ4n) is 3.49. The van der Waals surface area contributed by atoms with Crippen LogP contribution in [0.2, 0.25) is 0 Å². The second-order valence-electron chi connectivity index (χ2n) is 6.81. The molecule has 1 aromatic heterocycles. The summed E-state index contributed by atoms with van der Waals surface area (Å²) in [7, 11) is 1.97. The summed E-state index contributed by atoms with van der Waals surface area (Å²) in [6.45, 7) is 3.64. The smallest absolute Gasteiger partial charge is 0.344 e. The molecule has 1 aliphatic rings. The standard InChI is InChI=1S/C23H21NO5/c1-4-27-21(25)13-28-19-10-9-17-22(26)20(29-23(17)14(19)2)11-15-12-24(3)18-8-6-5-7-16(15)18/h5-12H,4,13H2,1-3H3/b20-11-. The lowest BCUT2D eigenvalue weighted by molar-refractivity contribution is -0.145. The highest BCUT2D eigenvalue weighted by molar-refractivity contribution is 6.15. The zero-order chi connectivity index (χ0) is 20.5. The molecule has 0 atom stereocenters. The van der Waals surface area contributed by atoms with Gasteiger partial charge >= 0.3 is 5.97 Å². The van der Waals surface area contributed by atoms with E-state index in [1.165, 1.54) is 0 Å². The van der Waals surface area contributed by atoms with Crippen LogP contribution in [0.3, 0.4) is 0 Å². The lowest BCUT2D eigenvalue weighted by Crippen LogP contribution is -2.15. The van der Waals surface area contributed by atoms with Gasteiger partial charge in [-0.1, -0.05) is 18.2 Å². The maximum absolute atomic E-state index is 12.8. The number of aromatic nitrogens is 1. The zero-order valence-electron chi connectivity index (χ0n) is 16.5. The quantitative estimate of drug-likeness (QED) is 0.485. The van der Waals surface area contributed by atoms with Gasteiger partial charge in [-0.2, -0.15) is 0 Å². The molecule has 3 aromatic rings. The number of carbonyl (C=O) groups is 2. The number of ketones is 1. The van der Waals surface area contributed by atoms with Gasteiger partial charge in [0.2, 0.25) is 5.78 Å². The van der Waals surface area contributed by atoms with E-state index in [0.717, 1.165) is 16.5 Å². The number of esters is 1. The van der Waals surface area contributed by atoms with E-state index in [1.807, 2.05) is 42.1 Å².